The van der Waals surface area contributed by atoms with Crippen molar-refractivity contribution >= 4 is 26.8 Å². The van der Waals surface area contributed by atoms with Gasteiger partial charge in [-0.05, 0) is 69.2 Å². The first-order valence-electron chi connectivity index (χ1n) is 10.1. The molecule has 0 unspecified atom stereocenters. The van der Waals surface area contributed by atoms with Crippen LogP contribution in [0.3, 0.4) is 0 Å². The molecule has 0 bridgehead atoms. The van der Waals surface area contributed by atoms with Crippen LogP contribution in [-0.4, -0.2) is 33.0 Å². The Hall–Kier alpha value is -3.13. The normalized spacial score (nSPS) is 14.8. The number of pyridine rings is 1. The molecule has 0 atom stereocenters. The van der Waals surface area contributed by atoms with Gasteiger partial charge in [0.1, 0.15) is 11.5 Å². The van der Waals surface area contributed by atoms with Crippen molar-refractivity contribution in [1.29, 1.82) is 0 Å². The summed E-state index contributed by atoms with van der Waals surface area (Å²) in [5.41, 5.74) is 1.00. The van der Waals surface area contributed by atoms with Crippen LogP contribution in [-0.2, 0) is 20.2 Å². The molecule has 1 amide bonds. The van der Waals surface area contributed by atoms with Crippen molar-refractivity contribution in [3.05, 3.63) is 59.8 Å². The minimum Gasteiger partial charge on any atom is -0.496 e. The predicted molar refractivity (Wildman–Crippen MR) is 117 cm³/mol. The Morgan fingerprint density at radius 2 is 1.94 bits per heavy atom. The van der Waals surface area contributed by atoms with Gasteiger partial charge < -0.3 is 9.47 Å². The molecule has 1 N–H and O–H groups in total. The zero-order valence-electron chi connectivity index (χ0n) is 17.6. The van der Waals surface area contributed by atoms with Crippen LogP contribution in [0.5, 0.6) is 11.5 Å². The summed E-state index contributed by atoms with van der Waals surface area (Å²) >= 11 is 0. The average molecular weight is 441 g/mol. The topological polar surface area (TPSA) is 94.6 Å². The van der Waals surface area contributed by atoms with E-state index in [-0.39, 0.29) is 4.90 Å². The molecule has 1 aliphatic carbocycles. The Morgan fingerprint density at radius 1 is 1.16 bits per heavy atom. The first-order chi connectivity index (χ1) is 14.8. The van der Waals surface area contributed by atoms with Crippen molar-refractivity contribution in [2.45, 2.75) is 37.0 Å². The molecule has 1 saturated carbocycles. The third kappa shape index (κ3) is 3.83. The molecule has 162 valence electrons. The van der Waals surface area contributed by atoms with Crippen LogP contribution in [0.4, 0.5) is 0 Å². The molecule has 0 radical (unpaired) electrons. The highest BCUT2D eigenvalue weighted by Gasteiger charge is 2.54. The van der Waals surface area contributed by atoms with E-state index >= 15 is 0 Å². The van der Waals surface area contributed by atoms with Crippen LogP contribution in [0.25, 0.3) is 10.9 Å². The van der Waals surface area contributed by atoms with Crippen LogP contribution < -0.4 is 14.2 Å². The SMILES string of the molecule is CCOc1ccc(OC)c(C2(C(=O)NS(=O)(=O)c3cccc4nc(C)ccc34)CC2)c1. The van der Waals surface area contributed by atoms with Crippen LogP contribution in [0.15, 0.2) is 53.4 Å². The zero-order valence-corrected chi connectivity index (χ0v) is 18.5. The van der Waals surface area contributed by atoms with Crippen LogP contribution in [0, 0.1) is 6.92 Å². The molecule has 0 aliphatic heterocycles. The zero-order chi connectivity index (χ0) is 22.2. The van der Waals surface area contributed by atoms with Crippen molar-refractivity contribution in [2.75, 3.05) is 13.7 Å². The lowest BCUT2D eigenvalue weighted by atomic mass is 9.94. The Balaban J connectivity index is 1.69. The lowest BCUT2D eigenvalue weighted by Crippen LogP contribution is -2.39. The number of nitrogens with one attached hydrogen (secondary N) is 1. The number of rotatable bonds is 7. The second kappa shape index (κ2) is 7.85. The molecule has 1 aliphatic rings. The minimum absolute atomic E-state index is 0.0247. The quantitative estimate of drug-likeness (QED) is 0.604. The Morgan fingerprint density at radius 3 is 2.61 bits per heavy atom. The second-order valence-electron chi connectivity index (χ2n) is 7.59. The maximum Gasteiger partial charge on any atom is 0.264 e. The summed E-state index contributed by atoms with van der Waals surface area (Å²) in [5.74, 6) is 0.561. The van der Waals surface area contributed by atoms with Crippen LogP contribution >= 0.6 is 0 Å². The van der Waals surface area contributed by atoms with Gasteiger partial charge in [0.15, 0.2) is 0 Å². The van der Waals surface area contributed by atoms with E-state index in [0.717, 1.165) is 5.69 Å². The second-order valence-corrected chi connectivity index (χ2v) is 9.24. The van der Waals surface area contributed by atoms with E-state index < -0.39 is 21.3 Å². The number of methoxy groups -OCH3 is 1. The third-order valence-corrected chi connectivity index (χ3v) is 6.92. The third-order valence-electron chi connectivity index (χ3n) is 5.53. The van der Waals surface area contributed by atoms with Gasteiger partial charge >= 0.3 is 0 Å². The molecule has 3 aromatic rings. The molecule has 2 aromatic carbocycles. The van der Waals surface area contributed by atoms with Gasteiger partial charge in [0.2, 0.25) is 5.91 Å². The summed E-state index contributed by atoms with van der Waals surface area (Å²) in [7, 11) is -2.58. The number of aromatic nitrogens is 1. The Labute approximate surface area is 181 Å². The van der Waals surface area contributed by atoms with Gasteiger partial charge in [-0.3, -0.25) is 9.78 Å². The van der Waals surface area contributed by atoms with E-state index in [9.17, 15) is 13.2 Å². The van der Waals surface area contributed by atoms with E-state index in [2.05, 4.69) is 9.71 Å². The molecule has 7 nitrogen and oxygen atoms in total. The predicted octanol–water partition coefficient (Wildman–Crippen LogP) is 3.49. The molecule has 0 saturated heterocycles. The lowest BCUT2D eigenvalue weighted by Gasteiger charge is -2.20. The summed E-state index contributed by atoms with van der Waals surface area (Å²) in [6.07, 6.45) is 1.05. The molecule has 0 spiro atoms. The fourth-order valence-electron chi connectivity index (χ4n) is 3.80. The summed E-state index contributed by atoms with van der Waals surface area (Å²) in [5, 5.41) is 0.467. The van der Waals surface area contributed by atoms with E-state index in [0.29, 0.717) is 47.4 Å². The Bertz CT molecular complexity index is 1270. The highest BCUT2D eigenvalue weighted by atomic mass is 32.2. The van der Waals surface area contributed by atoms with E-state index in [1.807, 2.05) is 13.8 Å². The monoisotopic (exact) mass is 440 g/mol. The number of carbonyl (C=O) groups excluding carboxylic acids is 1. The molecule has 31 heavy (non-hydrogen) atoms. The summed E-state index contributed by atoms with van der Waals surface area (Å²) in [4.78, 5) is 17.6. The average Bonchev–Trinajstić information content (AvgIpc) is 3.55. The fraction of sp³-hybridized carbons (Fsp3) is 0.304. The standard InChI is InChI=1S/C23H24N2O5S/c1-4-30-16-9-11-20(29-3)18(14-16)23(12-13-23)22(26)25-31(27,28)21-7-5-6-19-17(21)10-8-15(2)24-19/h5-11,14H,4,12-13H2,1-3H3,(H,25,26). The van der Waals surface area contributed by atoms with Crippen molar-refractivity contribution in [3.63, 3.8) is 0 Å². The van der Waals surface area contributed by atoms with Crippen molar-refractivity contribution in [2.24, 2.45) is 0 Å². The van der Waals surface area contributed by atoms with Gasteiger partial charge in [-0.15, -0.1) is 0 Å². The molecular weight excluding hydrogens is 416 g/mol. The number of hydrogen-bond acceptors (Lipinski definition) is 6. The number of carbonyl (C=O) groups is 1. The number of fused-ring (bicyclic) bond motifs is 1. The van der Waals surface area contributed by atoms with Crippen LogP contribution in [0.2, 0.25) is 0 Å². The summed E-state index contributed by atoms with van der Waals surface area (Å²) in [6, 6.07) is 13.6. The number of amides is 1. The molecule has 1 aromatic heterocycles. The van der Waals surface area contributed by atoms with E-state index in [1.165, 1.54) is 13.2 Å². The van der Waals surface area contributed by atoms with Gasteiger partial charge in [0.05, 0.1) is 29.5 Å². The number of ether oxygens (including phenoxy) is 2. The largest absolute Gasteiger partial charge is 0.496 e. The number of nitrogens with zero attached hydrogens (tertiary/aromatic N) is 1. The van der Waals surface area contributed by atoms with Gasteiger partial charge in [-0.2, -0.15) is 0 Å². The van der Waals surface area contributed by atoms with Gasteiger partial charge in [-0.25, -0.2) is 13.1 Å². The number of sulfonamides is 1. The van der Waals surface area contributed by atoms with Gasteiger partial charge in [-0.1, -0.05) is 6.07 Å². The highest BCUT2D eigenvalue weighted by molar-refractivity contribution is 7.90. The molecule has 1 heterocycles. The molecule has 4 rings (SSSR count). The summed E-state index contributed by atoms with van der Waals surface area (Å²) in [6.45, 7) is 4.19. The summed E-state index contributed by atoms with van der Waals surface area (Å²) < 4.78 is 39.6. The van der Waals surface area contributed by atoms with Crippen molar-refractivity contribution < 1.29 is 22.7 Å². The fourth-order valence-corrected chi connectivity index (χ4v) is 5.07. The minimum atomic E-state index is -4.10. The molecular formula is C23H24N2O5S. The number of aryl methyl sites for hydroxylation is 1. The van der Waals surface area contributed by atoms with E-state index in [1.54, 1.807) is 42.5 Å². The lowest BCUT2D eigenvalue weighted by molar-refractivity contribution is -0.121. The van der Waals surface area contributed by atoms with Crippen LogP contribution in [0.1, 0.15) is 31.0 Å². The smallest absolute Gasteiger partial charge is 0.264 e. The molecule has 1 fully saturated rings. The number of hydrogen-bond donors (Lipinski definition) is 1. The van der Waals surface area contributed by atoms with Gasteiger partial charge in [0.25, 0.3) is 10.0 Å². The molecule has 8 heteroatoms. The first-order valence-corrected chi connectivity index (χ1v) is 11.5. The highest BCUT2D eigenvalue weighted by Crippen LogP contribution is 2.52. The number of benzene rings is 2. The van der Waals surface area contributed by atoms with E-state index in [4.69, 9.17) is 9.47 Å². The maximum absolute atomic E-state index is 13.2. The van der Waals surface area contributed by atoms with Gasteiger partial charge in [0, 0.05) is 16.6 Å². The Kier molecular flexibility index (Phi) is 5.35. The van der Waals surface area contributed by atoms with Crippen molar-refractivity contribution in [1.82, 2.24) is 9.71 Å². The maximum atomic E-state index is 13.2. The van der Waals surface area contributed by atoms with Crippen molar-refractivity contribution in [3.8, 4) is 11.5 Å². The first kappa shape index (κ1) is 21.1.